The van der Waals surface area contributed by atoms with E-state index >= 15 is 0 Å². The van der Waals surface area contributed by atoms with Crippen LogP contribution < -0.4 is 15.4 Å². The number of carbonyl (C=O) groups is 1. The summed E-state index contributed by atoms with van der Waals surface area (Å²) >= 11 is 5.56. The number of hydrogen-bond donors (Lipinski definition) is 2. The molecular weight excluding hydrogens is 372 g/mol. The molecule has 28 heavy (non-hydrogen) atoms. The number of ether oxygens (including phenoxy) is 2. The van der Waals surface area contributed by atoms with Crippen LogP contribution in [-0.4, -0.2) is 23.8 Å². The van der Waals surface area contributed by atoms with E-state index in [9.17, 15) is 4.79 Å². The molecule has 0 fully saturated rings. The first-order chi connectivity index (χ1) is 13.2. The molecule has 1 aliphatic heterocycles. The molecule has 1 aliphatic rings. The van der Waals surface area contributed by atoms with E-state index in [0.29, 0.717) is 10.7 Å². The van der Waals surface area contributed by atoms with Crippen molar-refractivity contribution in [3.8, 4) is 5.75 Å². The van der Waals surface area contributed by atoms with Gasteiger partial charge in [0, 0.05) is 17.7 Å². The molecule has 5 nitrogen and oxygen atoms in total. The molecule has 1 heterocycles. The van der Waals surface area contributed by atoms with E-state index in [2.05, 4.69) is 49.6 Å². The first kappa shape index (κ1) is 20.1. The Hall–Kier alpha value is -2.60. The van der Waals surface area contributed by atoms with Crippen molar-refractivity contribution < 1.29 is 14.3 Å². The molecule has 148 valence electrons. The van der Waals surface area contributed by atoms with Gasteiger partial charge in [-0.2, -0.15) is 0 Å². The van der Waals surface area contributed by atoms with Crippen molar-refractivity contribution in [2.45, 2.75) is 45.8 Å². The van der Waals surface area contributed by atoms with Crippen molar-refractivity contribution >= 4 is 29.0 Å². The van der Waals surface area contributed by atoms with E-state index in [-0.39, 0.29) is 17.6 Å². The van der Waals surface area contributed by atoms with E-state index in [0.717, 1.165) is 34.5 Å². The molecule has 0 saturated carbocycles. The summed E-state index contributed by atoms with van der Waals surface area (Å²) < 4.78 is 11.0. The maximum absolute atomic E-state index is 11.9. The van der Waals surface area contributed by atoms with E-state index in [4.69, 9.17) is 21.7 Å². The minimum atomic E-state index is -0.365. The smallest absolute Gasteiger partial charge is 0.338 e. The predicted molar refractivity (Wildman–Crippen MR) is 115 cm³/mol. The van der Waals surface area contributed by atoms with Gasteiger partial charge in [-0.05, 0) is 69.2 Å². The van der Waals surface area contributed by atoms with Gasteiger partial charge in [0.2, 0.25) is 0 Å². The average molecular weight is 399 g/mol. The monoisotopic (exact) mass is 398 g/mol. The Balaban J connectivity index is 1.80. The zero-order chi connectivity index (χ0) is 20.5. The maximum atomic E-state index is 11.9. The molecule has 1 atom stereocenters. The van der Waals surface area contributed by atoms with Crippen LogP contribution >= 0.6 is 12.2 Å². The van der Waals surface area contributed by atoms with Crippen molar-refractivity contribution in [1.29, 1.82) is 0 Å². The van der Waals surface area contributed by atoms with Crippen LogP contribution in [0.4, 0.5) is 5.69 Å². The molecule has 2 aromatic carbocycles. The summed E-state index contributed by atoms with van der Waals surface area (Å²) in [5, 5.41) is 7.13. The highest BCUT2D eigenvalue weighted by Crippen LogP contribution is 2.40. The number of fused-ring (bicyclic) bond motifs is 1. The lowest BCUT2D eigenvalue weighted by atomic mass is 9.89. The number of aryl methyl sites for hydroxylation is 1. The van der Waals surface area contributed by atoms with Crippen molar-refractivity contribution in [1.82, 2.24) is 5.32 Å². The van der Waals surface area contributed by atoms with Gasteiger partial charge in [0.1, 0.15) is 11.4 Å². The molecule has 3 rings (SSSR count). The van der Waals surface area contributed by atoms with Crippen LogP contribution in [0.1, 0.15) is 53.4 Å². The number of carbonyl (C=O) groups excluding carboxylic acids is 1. The molecule has 0 bridgehead atoms. The number of rotatable bonds is 3. The van der Waals surface area contributed by atoms with E-state index < -0.39 is 0 Å². The highest BCUT2D eigenvalue weighted by molar-refractivity contribution is 7.80. The highest BCUT2D eigenvalue weighted by atomic mass is 32.1. The van der Waals surface area contributed by atoms with Crippen LogP contribution in [0.5, 0.6) is 5.75 Å². The molecule has 0 saturated heterocycles. The SMILES string of the molecule is COC(=O)c1cccc(NC(=S)N[C@H]2CC(C)(C)Oc3cc(C)ccc32)c1C. The topological polar surface area (TPSA) is 59.6 Å². The predicted octanol–water partition coefficient (Wildman–Crippen LogP) is 4.68. The molecule has 0 unspecified atom stereocenters. The third kappa shape index (κ3) is 4.28. The second kappa shape index (κ2) is 7.80. The lowest BCUT2D eigenvalue weighted by Gasteiger charge is -2.38. The largest absolute Gasteiger partial charge is 0.487 e. The summed E-state index contributed by atoms with van der Waals surface area (Å²) in [6.45, 7) is 8.07. The quantitative estimate of drug-likeness (QED) is 0.578. The molecule has 0 spiro atoms. The molecule has 6 heteroatoms. The molecular formula is C22H26N2O3S. The van der Waals surface area contributed by atoms with Crippen LogP contribution in [0.25, 0.3) is 0 Å². The molecule has 0 aliphatic carbocycles. The minimum Gasteiger partial charge on any atom is -0.487 e. The van der Waals surface area contributed by atoms with Crippen LogP contribution in [0, 0.1) is 13.8 Å². The van der Waals surface area contributed by atoms with Gasteiger partial charge < -0.3 is 20.1 Å². The van der Waals surface area contributed by atoms with Gasteiger partial charge in [-0.25, -0.2) is 4.79 Å². The molecule has 2 N–H and O–H groups in total. The van der Waals surface area contributed by atoms with Crippen molar-refractivity contribution in [2.75, 3.05) is 12.4 Å². The van der Waals surface area contributed by atoms with Crippen molar-refractivity contribution in [3.05, 3.63) is 58.7 Å². The summed E-state index contributed by atoms with van der Waals surface area (Å²) in [6, 6.07) is 11.7. The molecule has 2 aromatic rings. The normalized spacial score (nSPS) is 17.1. The van der Waals surface area contributed by atoms with Gasteiger partial charge in [-0.15, -0.1) is 0 Å². The Labute approximate surface area is 171 Å². The van der Waals surface area contributed by atoms with Gasteiger partial charge in [0.05, 0.1) is 18.7 Å². The lowest BCUT2D eigenvalue weighted by Crippen LogP contribution is -2.42. The van der Waals surface area contributed by atoms with Crippen molar-refractivity contribution in [3.63, 3.8) is 0 Å². The van der Waals surface area contributed by atoms with Gasteiger partial charge >= 0.3 is 5.97 Å². The summed E-state index contributed by atoms with van der Waals surface area (Å²) in [7, 11) is 1.38. The summed E-state index contributed by atoms with van der Waals surface area (Å²) in [4.78, 5) is 11.9. The summed E-state index contributed by atoms with van der Waals surface area (Å²) in [5.41, 5.74) is 4.04. The van der Waals surface area contributed by atoms with E-state index in [1.807, 2.05) is 13.0 Å². The van der Waals surface area contributed by atoms with Crippen LogP contribution in [0.2, 0.25) is 0 Å². The highest BCUT2D eigenvalue weighted by Gasteiger charge is 2.34. The number of esters is 1. The Morgan fingerprint density at radius 1 is 1.25 bits per heavy atom. The van der Waals surface area contributed by atoms with Crippen LogP contribution in [0.3, 0.4) is 0 Å². The number of methoxy groups -OCH3 is 1. The second-order valence-electron chi connectivity index (χ2n) is 7.73. The first-order valence-corrected chi connectivity index (χ1v) is 9.66. The Morgan fingerprint density at radius 2 is 2.00 bits per heavy atom. The number of hydrogen-bond acceptors (Lipinski definition) is 4. The fraction of sp³-hybridized carbons (Fsp3) is 0.364. The van der Waals surface area contributed by atoms with Gasteiger partial charge in [-0.1, -0.05) is 18.2 Å². The van der Waals surface area contributed by atoms with Crippen LogP contribution in [0.15, 0.2) is 36.4 Å². The summed E-state index contributed by atoms with van der Waals surface area (Å²) in [5.74, 6) is 0.524. The number of thiocarbonyl (C=S) groups is 1. The Bertz CT molecular complexity index is 924. The zero-order valence-electron chi connectivity index (χ0n) is 16.9. The van der Waals surface area contributed by atoms with E-state index in [1.165, 1.54) is 7.11 Å². The number of benzene rings is 2. The van der Waals surface area contributed by atoms with Gasteiger partial charge in [-0.3, -0.25) is 0 Å². The fourth-order valence-electron chi connectivity index (χ4n) is 3.51. The Kier molecular flexibility index (Phi) is 5.61. The zero-order valence-corrected chi connectivity index (χ0v) is 17.7. The molecule has 0 aromatic heterocycles. The van der Waals surface area contributed by atoms with Gasteiger partial charge in [0.15, 0.2) is 5.11 Å². The molecule has 0 amide bonds. The minimum absolute atomic E-state index is 0.0310. The van der Waals surface area contributed by atoms with Crippen LogP contribution in [-0.2, 0) is 4.74 Å². The van der Waals surface area contributed by atoms with Crippen molar-refractivity contribution in [2.24, 2.45) is 0 Å². The van der Waals surface area contributed by atoms with Gasteiger partial charge in [0.25, 0.3) is 0 Å². The number of nitrogens with one attached hydrogen (secondary N) is 2. The third-order valence-electron chi connectivity index (χ3n) is 4.92. The first-order valence-electron chi connectivity index (χ1n) is 9.25. The number of anilines is 1. The lowest BCUT2D eigenvalue weighted by molar-refractivity contribution is 0.0599. The summed E-state index contributed by atoms with van der Waals surface area (Å²) in [6.07, 6.45) is 0.784. The maximum Gasteiger partial charge on any atom is 0.338 e. The standard InChI is InChI=1S/C22H26N2O3S/c1-13-9-10-16-18(12-22(3,4)27-19(16)11-13)24-21(28)23-17-8-6-7-15(14(17)2)20(25)26-5/h6-11,18H,12H2,1-5H3,(H2,23,24,28)/t18-/m0/s1. The third-order valence-corrected chi connectivity index (χ3v) is 5.14. The van der Waals surface area contributed by atoms with E-state index in [1.54, 1.807) is 12.1 Å². The molecule has 0 radical (unpaired) electrons. The average Bonchev–Trinajstić information content (AvgIpc) is 2.61. The Morgan fingerprint density at radius 3 is 2.71 bits per heavy atom. The fourth-order valence-corrected chi connectivity index (χ4v) is 3.76. The second-order valence-corrected chi connectivity index (χ2v) is 8.14.